The van der Waals surface area contributed by atoms with Gasteiger partial charge in [0.1, 0.15) is 6.04 Å². The summed E-state index contributed by atoms with van der Waals surface area (Å²) in [4.78, 5) is 28.0. The summed E-state index contributed by atoms with van der Waals surface area (Å²) in [6.07, 6.45) is 1.63. The molecule has 2 aromatic carbocycles. The molecule has 2 amide bonds. The van der Waals surface area contributed by atoms with Crippen LogP contribution in [-0.4, -0.2) is 49.5 Å². The first-order valence-electron chi connectivity index (χ1n) is 12.3. The van der Waals surface area contributed by atoms with Gasteiger partial charge in [-0.05, 0) is 89.3 Å². The van der Waals surface area contributed by atoms with Crippen molar-refractivity contribution in [2.45, 2.75) is 79.4 Å². The zero-order valence-electron chi connectivity index (χ0n) is 22.9. The van der Waals surface area contributed by atoms with Crippen molar-refractivity contribution in [3.8, 4) is 0 Å². The zero-order chi connectivity index (χ0) is 27.3. The number of anilines is 1. The van der Waals surface area contributed by atoms with Crippen LogP contribution in [0, 0.1) is 20.8 Å². The zero-order valence-corrected chi connectivity index (χ0v) is 23.7. The number of amides is 2. The Balaban J connectivity index is 2.23. The van der Waals surface area contributed by atoms with Crippen LogP contribution in [0.5, 0.6) is 0 Å². The Morgan fingerprint density at radius 3 is 2.11 bits per heavy atom. The molecule has 0 radical (unpaired) electrons. The largest absolute Gasteiger partial charge is 0.350 e. The maximum absolute atomic E-state index is 13.4. The number of nitrogens with zero attached hydrogens (tertiary/aromatic N) is 2. The van der Waals surface area contributed by atoms with Crippen LogP contribution in [0.15, 0.2) is 42.5 Å². The molecule has 0 saturated heterocycles. The summed E-state index contributed by atoms with van der Waals surface area (Å²) in [5.74, 6) is -0.416. The van der Waals surface area contributed by atoms with Gasteiger partial charge in [-0.25, -0.2) is 8.42 Å². The van der Waals surface area contributed by atoms with E-state index in [1.807, 2.05) is 84.0 Å². The van der Waals surface area contributed by atoms with Crippen LogP contribution >= 0.6 is 0 Å². The third-order valence-corrected chi connectivity index (χ3v) is 7.11. The highest BCUT2D eigenvalue weighted by Gasteiger charge is 2.29. The molecule has 0 aliphatic carbocycles. The normalized spacial score (nSPS) is 12.7. The summed E-state index contributed by atoms with van der Waals surface area (Å²) in [6, 6.07) is 12.8. The number of hydrogen-bond donors (Lipinski definition) is 1. The van der Waals surface area contributed by atoms with Gasteiger partial charge in [-0.15, -0.1) is 0 Å². The van der Waals surface area contributed by atoms with Gasteiger partial charge in [-0.3, -0.25) is 13.9 Å². The maximum Gasteiger partial charge on any atom is 0.242 e. The van der Waals surface area contributed by atoms with Crippen LogP contribution in [0.3, 0.4) is 0 Å². The molecule has 0 spiro atoms. The van der Waals surface area contributed by atoms with Gasteiger partial charge in [0.2, 0.25) is 21.8 Å². The average Bonchev–Trinajstić information content (AvgIpc) is 2.72. The lowest BCUT2D eigenvalue weighted by Crippen LogP contribution is -2.52. The number of carbonyl (C=O) groups is 2. The van der Waals surface area contributed by atoms with E-state index in [4.69, 9.17) is 0 Å². The Labute approximate surface area is 216 Å². The molecular weight excluding hydrogens is 474 g/mol. The van der Waals surface area contributed by atoms with Gasteiger partial charge < -0.3 is 10.2 Å². The molecule has 0 heterocycles. The molecule has 0 aliphatic rings. The lowest BCUT2D eigenvalue weighted by atomic mass is 10.1. The number of rotatable bonds is 10. The second-order valence-corrected chi connectivity index (χ2v) is 12.6. The van der Waals surface area contributed by atoms with E-state index in [0.717, 1.165) is 22.3 Å². The minimum absolute atomic E-state index is 0.121. The number of benzene rings is 2. The topological polar surface area (TPSA) is 86.8 Å². The Morgan fingerprint density at radius 2 is 1.58 bits per heavy atom. The summed E-state index contributed by atoms with van der Waals surface area (Å²) in [7, 11) is -3.53. The highest BCUT2D eigenvalue weighted by Crippen LogP contribution is 2.22. The molecule has 0 saturated carbocycles. The van der Waals surface area contributed by atoms with Crippen LogP contribution in [0.4, 0.5) is 5.69 Å². The Hall–Kier alpha value is -2.87. The summed E-state index contributed by atoms with van der Waals surface area (Å²) in [5.41, 5.74) is 4.11. The second kappa shape index (κ2) is 11.9. The highest BCUT2D eigenvalue weighted by molar-refractivity contribution is 7.92. The molecule has 0 aliphatic heterocycles. The van der Waals surface area contributed by atoms with Crippen LogP contribution < -0.4 is 9.62 Å². The standard InChI is InChI=1S/C28H41N3O4S/c1-20-16-21(2)18-25(17-20)31(36(8,34)35)15-11-14-26(32)30(19-24-13-10-9-12-22(24)3)23(4)27(33)29-28(5,6)7/h9-10,12-13,16-18,23H,11,14-15,19H2,1-8H3,(H,29,33). The molecular formula is C28H41N3O4S. The number of nitrogens with one attached hydrogen (secondary N) is 1. The summed E-state index contributed by atoms with van der Waals surface area (Å²) in [6.45, 7) is 13.7. The first-order chi connectivity index (χ1) is 16.6. The lowest BCUT2D eigenvalue weighted by Gasteiger charge is -2.32. The van der Waals surface area contributed by atoms with E-state index in [1.54, 1.807) is 11.8 Å². The number of carbonyl (C=O) groups excluding carboxylic acids is 2. The fourth-order valence-corrected chi connectivity index (χ4v) is 5.08. The van der Waals surface area contributed by atoms with E-state index in [9.17, 15) is 18.0 Å². The van der Waals surface area contributed by atoms with Gasteiger partial charge in [0.15, 0.2) is 0 Å². The van der Waals surface area contributed by atoms with E-state index in [0.29, 0.717) is 18.7 Å². The van der Waals surface area contributed by atoms with Gasteiger partial charge in [-0.1, -0.05) is 30.3 Å². The van der Waals surface area contributed by atoms with E-state index in [1.165, 1.54) is 10.6 Å². The minimum Gasteiger partial charge on any atom is -0.350 e. The molecule has 0 aromatic heterocycles. The summed E-state index contributed by atoms with van der Waals surface area (Å²) >= 11 is 0. The van der Waals surface area contributed by atoms with Crippen LogP contribution in [-0.2, 0) is 26.2 Å². The van der Waals surface area contributed by atoms with E-state index < -0.39 is 21.6 Å². The van der Waals surface area contributed by atoms with Crippen LogP contribution in [0.1, 0.15) is 62.8 Å². The van der Waals surface area contributed by atoms with E-state index in [2.05, 4.69) is 5.32 Å². The van der Waals surface area contributed by atoms with Crippen molar-refractivity contribution in [1.29, 1.82) is 0 Å². The molecule has 198 valence electrons. The van der Waals surface area contributed by atoms with Crippen molar-refractivity contribution in [2.75, 3.05) is 17.1 Å². The van der Waals surface area contributed by atoms with Crippen molar-refractivity contribution < 1.29 is 18.0 Å². The summed E-state index contributed by atoms with van der Waals surface area (Å²) < 4.78 is 26.5. The lowest BCUT2D eigenvalue weighted by molar-refractivity contribution is -0.141. The number of aryl methyl sites for hydroxylation is 3. The van der Waals surface area contributed by atoms with Crippen molar-refractivity contribution in [1.82, 2.24) is 10.2 Å². The molecule has 1 unspecified atom stereocenters. The highest BCUT2D eigenvalue weighted by atomic mass is 32.2. The van der Waals surface area contributed by atoms with Crippen molar-refractivity contribution in [2.24, 2.45) is 0 Å². The molecule has 1 atom stereocenters. The van der Waals surface area contributed by atoms with Crippen molar-refractivity contribution in [3.05, 3.63) is 64.7 Å². The molecule has 0 fully saturated rings. The summed E-state index contributed by atoms with van der Waals surface area (Å²) in [5, 5.41) is 2.96. The van der Waals surface area contributed by atoms with Gasteiger partial charge in [-0.2, -0.15) is 0 Å². The molecule has 0 bridgehead atoms. The average molecular weight is 516 g/mol. The van der Waals surface area contributed by atoms with Gasteiger partial charge in [0, 0.05) is 25.0 Å². The van der Waals surface area contributed by atoms with Crippen LogP contribution in [0.2, 0.25) is 0 Å². The Morgan fingerprint density at radius 1 is 1.00 bits per heavy atom. The fourth-order valence-electron chi connectivity index (χ4n) is 4.13. The van der Waals surface area contributed by atoms with Gasteiger partial charge in [0.05, 0.1) is 11.9 Å². The quantitative estimate of drug-likeness (QED) is 0.505. The molecule has 8 heteroatoms. The predicted octanol–water partition coefficient (Wildman–Crippen LogP) is 4.49. The smallest absolute Gasteiger partial charge is 0.242 e. The first-order valence-corrected chi connectivity index (χ1v) is 14.2. The Bertz CT molecular complexity index is 1170. The monoisotopic (exact) mass is 515 g/mol. The molecule has 2 aromatic rings. The third-order valence-electron chi connectivity index (χ3n) is 5.91. The van der Waals surface area contributed by atoms with E-state index in [-0.39, 0.29) is 24.8 Å². The van der Waals surface area contributed by atoms with Gasteiger partial charge >= 0.3 is 0 Å². The van der Waals surface area contributed by atoms with E-state index >= 15 is 0 Å². The molecule has 2 rings (SSSR count). The molecule has 1 N–H and O–H groups in total. The Kier molecular flexibility index (Phi) is 9.71. The minimum atomic E-state index is -3.53. The van der Waals surface area contributed by atoms with Crippen LogP contribution in [0.25, 0.3) is 0 Å². The maximum atomic E-state index is 13.4. The number of hydrogen-bond acceptors (Lipinski definition) is 4. The predicted molar refractivity (Wildman–Crippen MR) is 146 cm³/mol. The first kappa shape index (κ1) is 29.4. The molecule has 7 nitrogen and oxygen atoms in total. The van der Waals surface area contributed by atoms with Crippen molar-refractivity contribution in [3.63, 3.8) is 0 Å². The third kappa shape index (κ3) is 8.66. The number of sulfonamides is 1. The fraction of sp³-hybridized carbons (Fsp3) is 0.500. The SMILES string of the molecule is Cc1cc(C)cc(N(CCCC(=O)N(Cc2ccccc2C)C(C)C(=O)NC(C)(C)C)S(C)(=O)=O)c1. The second-order valence-electron chi connectivity index (χ2n) is 10.6. The van der Waals surface area contributed by atoms with Crippen molar-refractivity contribution >= 4 is 27.5 Å². The molecule has 36 heavy (non-hydrogen) atoms. The van der Waals surface area contributed by atoms with Gasteiger partial charge in [0.25, 0.3) is 0 Å².